The lowest BCUT2D eigenvalue weighted by Crippen LogP contribution is -2.40. The van der Waals surface area contributed by atoms with Gasteiger partial charge in [-0.25, -0.2) is 17.5 Å². The van der Waals surface area contributed by atoms with Gasteiger partial charge in [0.1, 0.15) is 11.6 Å². The van der Waals surface area contributed by atoms with Gasteiger partial charge in [0, 0.05) is 0 Å². The van der Waals surface area contributed by atoms with Crippen LogP contribution < -0.4 is 9.46 Å². The van der Waals surface area contributed by atoms with E-state index in [4.69, 9.17) is 4.74 Å². The normalized spacial score (nSPS) is 12.2. The third-order valence-electron chi connectivity index (χ3n) is 3.63. The van der Waals surface area contributed by atoms with Crippen LogP contribution in [0.3, 0.4) is 0 Å². The van der Waals surface area contributed by atoms with Gasteiger partial charge in [0.25, 0.3) is 0 Å². The van der Waals surface area contributed by atoms with Crippen molar-refractivity contribution in [1.82, 2.24) is 4.72 Å². The van der Waals surface area contributed by atoms with Crippen LogP contribution in [0.15, 0.2) is 47.4 Å². The first-order valence-corrected chi connectivity index (χ1v) is 8.59. The zero-order valence-electron chi connectivity index (χ0n) is 13.6. The SMILES string of the molecule is COc1ccc(S(=O)(=O)NC(C)(C)c2ccc(F)cc2)cc1C. The average molecular weight is 337 g/mol. The van der Waals surface area contributed by atoms with Crippen LogP contribution in [-0.2, 0) is 15.6 Å². The van der Waals surface area contributed by atoms with Crippen molar-refractivity contribution >= 4 is 10.0 Å². The third-order valence-corrected chi connectivity index (χ3v) is 5.29. The van der Waals surface area contributed by atoms with E-state index in [9.17, 15) is 12.8 Å². The van der Waals surface area contributed by atoms with E-state index in [1.807, 2.05) is 0 Å². The van der Waals surface area contributed by atoms with Crippen molar-refractivity contribution in [2.24, 2.45) is 0 Å². The van der Waals surface area contributed by atoms with Gasteiger partial charge in [0.15, 0.2) is 0 Å². The Morgan fingerprint density at radius 1 is 1.09 bits per heavy atom. The lowest BCUT2D eigenvalue weighted by molar-refractivity contribution is 0.411. The van der Waals surface area contributed by atoms with Crippen LogP contribution in [0.5, 0.6) is 5.75 Å². The maximum atomic E-state index is 13.0. The molecule has 0 bridgehead atoms. The molecule has 0 heterocycles. The molecular weight excluding hydrogens is 317 g/mol. The monoisotopic (exact) mass is 337 g/mol. The molecule has 6 heteroatoms. The Hall–Kier alpha value is -1.92. The van der Waals surface area contributed by atoms with Crippen LogP contribution in [0, 0.1) is 12.7 Å². The molecule has 0 amide bonds. The second-order valence-corrected chi connectivity index (χ2v) is 7.55. The van der Waals surface area contributed by atoms with E-state index in [2.05, 4.69) is 4.72 Å². The Morgan fingerprint density at radius 3 is 2.22 bits per heavy atom. The molecule has 0 spiro atoms. The molecule has 0 unspecified atom stereocenters. The van der Waals surface area contributed by atoms with Gasteiger partial charge in [-0.1, -0.05) is 12.1 Å². The van der Waals surface area contributed by atoms with Crippen molar-refractivity contribution in [2.45, 2.75) is 31.2 Å². The van der Waals surface area contributed by atoms with Gasteiger partial charge in [-0.2, -0.15) is 0 Å². The van der Waals surface area contributed by atoms with Crippen molar-refractivity contribution in [2.75, 3.05) is 7.11 Å². The standard InChI is InChI=1S/C17H20FNO3S/c1-12-11-15(9-10-16(12)22-4)23(20,21)19-17(2,3)13-5-7-14(18)8-6-13/h5-11,19H,1-4H3. The molecule has 4 nitrogen and oxygen atoms in total. The first kappa shape index (κ1) is 17.4. The highest BCUT2D eigenvalue weighted by atomic mass is 32.2. The van der Waals surface area contributed by atoms with E-state index in [1.165, 1.54) is 25.3 Å². The Bertz CT molecular complexity index is 799. The Labute approximate surface area is 136 Å². The predicted octanol–water partition coefficient (Wildman–Crippen LogP) is 3.36. The number of ether oxygens (including phenoxy) is 1. The fraction of sp³-hybridized carbons (Fsp3) is 0.294. The van der Waals surface area contributed by atoms with Crippen LogP contribution in [0.1, 0.15) is 25.0 Å². The van der Waals surface area contributed by atoms with Crippen LogP contribution in [0.4, 0.5) is 4.39 Å². The summed E-state index contributed by atoms with van der Waals surface area (Å²) in [4.78, 5) is 0.158. The number of rotatable bonds is 5. The highest BCUT2D eigenvalue weighted by molar-refractivity contribution is 7.89. The molecule has 2 aromatic rings. The third kappa shape index (κ3) is 3.89. The molecule has 0 aliphatic carbocycles. The summed E-state index contributed by atoms with van der Waals surface area (Å²) in [6.07, 6.45) is 0. The molecule has 0 aliphatic heterocycles. The highest BCUT2D eigenvalue weighted by Gasteiger charge is 2.28. The summed E-state index contributed by atoms with van der Waals surface area (Å²) in [6, 6.07) is 10.4. The Balaban J connectivity index is 2.33. The maximum absolute atomic E-state index is 13.0. The summed E-state index contributed by atoms with van der Waals surface area (Å²) < 4.78 is 46.1. The van der Waals surface area contributed by atoms with Crippen molar-refractivity contribution in [3.8, 4) is 5.75 Å². The molecule has 124 valence electrons. The number of benzene rings is 2. The highest BCUT2D eigenvalue weighted by Crippen LogP contribution is 2.26. The van der Waals surface area contributed by atoms with Crippen LogP contribution in [0.2, 0.25) is 0 Å². The first-order chi connectivity index (χ1) is 10.7. The van der Waals surface area contributed by atoms with Crippen molar-refractivity contribution in [3.63, 3.8) is 0 Å². The van der Waals surface area contributed by atoms with Crippen molar-refractivity contribution < 1.29 is 17.5 Å². The lowest BCUT2D eigenvalue weighted by atomic mass is 9.96. The molecule has 1 N–H and O–H groups in total. The van der Waals surface area contributed by atoms with E-state index >= 15 is 0 Å². The van der Waals surface area contributed by atoms with Crippen LogP contribution in [0.25, 0.3) is 0 Å². The van der Waals surface area contributed by atoms with Gasteiger partial charge in [-0.3, -0.25) is 0 Å². The van der Waals surface area contributed by atoms with E-state index < -0.39 is 15.6 Å². The summed E-state index contributed by atoms with van der Waals surface area (Å²) in [6.45, 7) is 5.24. The average Bonchev–Trinajstić information content (AvgIpc) is 2.46. The van der Waals surface area contributed by atoms with Gasteiger partial charge < -0.3 is 4.74 Å². The van der Waals surface area contributed by atoms with Gasteiger partial charge >= 0.3 is 0 Å². The summed E-state index contributed by atoms with van der Waals surface area (Å²) in [5.41, 5.74) is 0.531. The second-order valence-electron chi connectivity index (χ2n) is 5.87. The van der Waals surface area contributed by atoms with E-state index in [0.29, 0.717) is 11.3 Å². The molecule has 0 atom stereocenters. The summed E-state index contributed by atoms with van der Waals surface area (Å²) >= 11 is 0. The zero-order chi connectivity index (χ0) is 17.3. The minimum Gasteiger partial charge on any atom is -0.496 e. The molecule has 0 aliphatic rings. The van der Waals surface area contributed by atoms with Gasteiger partial charge in [-0.15, -0.1) is 0 Å². The molecule has 0 aromatic heterocycles. The molecule has 0 saturated carbocycles. The number of methoxy groups -OCH3 is 1. The summed E-state index contributed by atoms with van der Waals surface area (Å²) in [5.74, 6) is 0.264. The van der Waals surface area contributed by atoms with E-state index in [1.54, 1.807) is 45.0 Å². The summed E-state index contributed by atoms with van der Waals surface area (Å²) in [7, 11) is -2.19. The Kier molecular flexibility index (Phi) is 4.77. The fourth-order valence-electron chi connectivity index (χ4n) is 2.34. The van der Waals surface area contributed by atoms with E-state index in [0.717, 1.165) is 5.56 Å². The quantitative estimate of drug-likeness (QED) is 0.910. The molecule has 23 heavy (non-hydrogen) atoms. The number of hydrogen-bond donors (Lipinski definition) is 1. The van der Waals surface area contributed by atoms with Crippen LogP contribution >= 0.6 is 0 Å². The molecule has 0 saturated heterocycles. The predicted molar refractivity (Wildman–Crippen MR) is 87.5 cm³/mol. The number of aryl methyl sites for hydroxylation is 1. The Morgan fingerprint density at radius 2 is 1.70 bits per heavy atom. The number of hydrogen-bond acceptors (Lipinski definition) is 3. The smallest absolute Gasteiger partial charge is 0.241 e. The van der Waals surface area contributed by atoms with Crippen molar-refractivity contribution in [1.29, 1.82) is 0 Å². The summed E-state index contributed by atoms with van der Waals surface area (Å²) in [5, 5.41) is 0. The minimum absolute atomic E-state index is 0.158. The second kappa shape index (κ2) is 6.29. The molecule has 2 aromatic carbocycles. The minimum atomic E-state index is -3.72. The zero-order valence-corrected chi connectivity index (χ0v) is 14.4. The number of halogens is 1. The molecule has 0 fully saturated rings. The van der Waals surface area contributed by atoms with E-state index in [-0.39, 0.29) is 10.7 Å². The molecule has 0 radical (unpaired) electrons. The maximum Gasteiger partial charge on any atom is 0.241 e. The fourth-order valence-corrected chi connectivity index (χ4v) is 3.83. The van der Waals surface area contributed by atoms with Gasteiger partial charge in [0.2, 0.25) is 10.0 Å². The first-order valence-electron chi connectivity index (χ1n) is 7.10. The number of nitrogens with one attached hydrogen (secondary N) is 1. The van der Waals surface area contributed by atoms with Crippen LogP contribution in [-0.4, -0.2) is 15.5 Å². The largest absolute Gasteiger partial charge is 0.496 e. The molecule has 2 rings (SSSR count). The molecular formula is C17H20FNO3S. The van der Waals surface area contributed by atoms with Gasteiger partial charge in [-0.05, 0) is 62.2 Å². The van der Waals surface area contributed by atoms with Gasteiger partial charge in [0.05, 0.1) is 17.5 Å². The topological polar surface area (TPSA) is 55.4 Å². The lowest BCUT2D eigenvalue weighted by Gasteiger charge is -2.26. The number of sulfonamides is 1. The van der Waals surface area contributed by atoms with Crippen molar-refractivity contribution in [3.05, 3.63) is 59.4 Å².